The minimum Gasteiger partial charge on any atom is -0.416 e. The molecule has 0 saturated heterocycles. The third kappa shape index (κ3) is 4.13. The third-order valence-corrected chi connectivity index (χ3v) is 5.61. The molecule has 0 spiro atoms. The molecule has 1 amide bonds. The van der Waals surface area contributed by atoms with Crippen LogP contribution < -0.4 is 5.32 Å². The van der Waals surface area contributed by atoms with Gasteiger partial charge in [-0.15, -0.1) is 21.5 Å². The quantitative estimate of drug-likeness (QED) is 0.644. The Hall–Kier alpha value is -2.20. The Morgan fingerprint density at radius 3 is 2.77 bits per heavy atom. The molecule has 3 aromatic heterocycles. The van der Waals surface area contributed by atoms with Crippen LogP contribution in [0.15, 0.2) is 15.0 Å². The van der Waals surface area contributed by atoms with E-state index in [2.05, 4.69) is 25.6 Å². The van der Waals surface area contributed by atoms with E-state index in [0.29, 0.717) is 17.5 Å². The van der Waals surface area contributed by atoms with Crippen molar-refractivity contribution in [2.45, 2.75) is 44.6 Å². The smallest absolute Gasteiger partial charge is 0.277 e. The summed E-state index contributed by atoms with van der Waals surface area (Å²) < 4.78 is 7.37. The van der Waals surface area contributed by atoms with Crippen molar-refractivity contribution in [3.63, 3.8) is 0 Å². The van der Waals surface area contributed by atoms with Gasteiger partial charge in [-0.1, -0.05) is 11.8 Å². The third-order valence-electron chi connectivity index (χ3n) is 3.85. The average molecular weight is 393 g/mol. The average Bonchev–Trinajstić information content (AvgIpc) is 3.25. The molecule has 8 nitrogen and oxygen atoms in total. The summed E-state index contributed by atoms with van der Waals surface area (Å²) in [4.78, 5) is 16.8. The molecule has 138 valence electrons. The van der Waals surface area contributed by atoms with Crippen molar-refractivity contribution in [3.05, 3.63) is 33.4 Å². The van der Waals surface area contributed by atoms with Gasteiger partial charge in [0.15, 0.2) is 0 Å². The fourth-order valence-corrected chi connectivity index (χ4v) is 3.70. The summed E-state index contributed by atoms with van der Waals surface area (Å²) in [5.74, 6) is 0.355. The molecule has 26 heavy (non-hydrogen) atoms. The van der Waals surface area contributed by atoms with Crippen LogP contribution in [-0.2, 0) is 18.3 Å². The summed E-state index contributed by atoms with van der Waals surface area (Å²) >= 11 is 2.81. The first-order chi connectivity index (χ1) is 12.3. The van der Waals surface area contributed by atoms with E-state index in [1.807, 2.05) is 33.2 Å². The zero-order chi connectivity index (χ0) is 18.8. The van der Waals surface area contributed by atoms with E-state index < -0.39 is 0 Å². The van der Waals surface area contributed by atoms with Crippen LogP contribution in [0.1, 0.15) is 34.9 Å². The summed E-state index contributed by atoms with van der Waals surface area (Å²) in [7, 11) is 1.85. The molecule has 1 N–H and O–H groups in total. The van der Waals surface area contributed by atoms with Crippen molar-refractivity contribution in [2.24, 2.45) is 7.05 Å². The second-order valence-electron chi connectivity index (χ2n) is 5.92. The largest absolute Gasteiger partial charge is 0.416 e. The number of nitrogens with one attached hydrogen (secondary N) is 1. The van der Waals surface area contributed by atoms with Crippen LogP contribution in [0.5, 0.6) is 0 Å². The lowest BCUT2D eigenvalue weighted by Gasteiger charge is -2.10. The summed E-state index contributed by atoms with van der Waals surface area (Å²) in [5.41, 5.74) is 3.34. The number of nitrogens with zero attached hydrogens (tertiary/aromatic N) is 5. The molecule has 0 radical (unpaired) electrons. The number of aryl methyl sites for hydroxylation is 3. The van der Waals surface area contributed by atoms with Crippen LogP contribution in [0.3, 0.4) is 0 Å². The number of carbonyl (C=O) groups excluding carboxylic acids is 1. The van der Waals surface area contributed by atoms with E-state index in [1.54, 1.807) is 22.9 Å². The van der Waals surface area contributed by atoms with Crippen LogP contribution in [0.25, 0.3) is 0 Å². The zero-order valence-electron chi connectivity index (χ0n) is 15.2. The molecule has 0 aliphatic carbocycles. The molecule has 3 rings (SSSR count). The number of thiazole rings is 1. The van der Waals surface area contributed by atoms with Crippen LogP contribution >= 0.6 is 23.1 Å². The second-order valence-corrected chi connectivity index (χ2v) is 8.27. The minimum absolute atomic E-state index is 0.135. The fraction of sp³-hybridized carbons (Fsp3) is 0.438. The minimum atomic E-state index is -0.385. The number of carbonyl (C=O) groups is 1. The van der Waals surface area contributed by atoms with Crippen LogP contribution in [0.2, 0.25) is 0 Å². The Morgan fingerprint density at radius 1 is 1.38 bits per heavy atom. The summed E-state index contributed by atoms with van der Waals surface area (Å²) in [5, 5.41) is 18.2. The van der Waals surface area contributed by atoms with Gasteiger partial charge < -0.3 is 9.73 Å². The van der Waals surface area contributed by atoms with E-state index in [4.69, 9.17) is 4.42 Å². The van der Waals surface area contributed by atoms with E-state index >= 15 is 0 Å². The van der Waals surface area contributed by atoms with Gasteiger partial charge in [0.25, 0.3) is 5.22 Å². The maximum atomic E-state index is 12.5. The van der Waals surface area contributed by atoms with Crippen molar-refractivity contribution in [1.82, 2.24) is 25.0 Å². The highest BCUT2D eigenvalue weighted by Crippen LogP contribution is 2.25. The molecule has 0 aliphatic heterocycles. The van der Waals surface area contributed by atoms with E-state index in [9.17, 15) is 4.79 Å². The van der Waals surface area contributed by atoms with Crippen molar-refractivity contribution in [2.75, 3.05) is 5.32 Å². The van der Waals surface area contributed by atoms with Crippen molar-refractivity contribution >= 4 is 34.7 Å². The van der Waals surface area contributed by atoms with Gasteiger partial charge in [0.05, 0.1) is 39.4 Å². The Labute approximate surface area is 159 Å². The summed E-state index contributed by atoms with van der Waals surface area (Å²) in [6.45, 7) is 7.53. The number of hydrogen-bond donors (Lipinski definition) is 1. The predicted octanol–water partition coefficient (Wildman–Crippen LogP) is 2.89. The van der Waals surface area contributed by atoms with Crippen LogP contribution in [0, 0.1) is 20.8 Å². The Kier molecular flexibility index (Phi) is 5.42. The SMILES string of the molecule is Cc1nc(Cc2nnc(S[C@@H](C)C(=O)Nc3c(C)nn(C)c3C)o2)cs1. The highest BCUT2D eigenvalue weighted by Gasteiger charge is 2.21. The van der Waals surface area contributed by atoms with E-state index in [0.717, 1.165) is 27.8 Å². The zero-order valence-corrected chi connectivity index (χ0v) is 16.9. The van der Waals surface area contributed by atoms with Crippen molar-refractivity contribution < 1.29 is 9.21 Å². The molecule has 3 aromatic rings. The van der Waals surface area contributed by atoms with E-state index in [1.165, 1.54) is 11.8 Å². The number of rotatable bonds is 6. The summed E-state index contributed by atoms with van der Waals surface area (Å²) in [6, 6.07) is 0. The lowest BCUT2D eigenvalue weighted by molar-refractivity contribution is -0.115. The van der Waals surface area contributed by atoms with Gasteiger partial charge in [-0.05, 0) is 27.7 Å². The molecule has 0 saturated carbocycles. The lowest BCUT2D eigenvalue weighted by Crippen LogP contribution is -2.23. The number of hydrogen-bond acceptors (Lipinski definition) is 8. The van der Waals surface area contributed by atoms with Gasteiger partial charge in [-0.2, -0.15) is 5.10 Å². The van der Waals surface area contributed by atoms with Crippen molar-refractivity contribution in [1.29, 1.82) is 0 Å². The number of amides is 1. The molecule has 0 aromatic carbocycles. The van der Waals surface area contributed by atoms with Gasteiger partial charge in [-0.25, -0.2) is 4.98 Å². The van der Waals surface area contributed by atoms with Gasteiger partial charge in [-0.3, -0.25) is 9.48 Å². The molecule has 0 bridgehead atoms. The predicted molar refractivity (Wildman–Crippen MR) is 101 cm³/mol. The topological polar surface area (TPSA) is 98.7 Å². The molecular weight excluding hydrogens is 372 g/mol. The van der Waals surface area contributed by atoms with Gasteiger partial charge in [0.2, 0.25) is 11.8 Å². The molecular formula is C16H20N6O2S2. The highest BCUT2D eigenvalue weighted by molar-refractivity contribution is 8.00. The Bertz CT molecular complexity index is 929. The number of aromatic nitrogens is 5. The van der Waals surface area contributed by atoms with Gasteiger partial charge >= 0.3 is 0 Å². The van der Waals surface area contributed by atoms with Crippen molar-refractivity contribution in [3.8, 4) is 0 Å². The molecule has 1 atom stereocenters. The normalized spacial score (nSPS) is 12.3. The first kappa shape index (κ1) is 18.6. The number of thioether (sulfide) groups is 1. The molecule has 0 fully saturated rings. The molecule has 3 heterocycles. The highest BCUT2D eigenvalue weighted by atomic mass is 32.2. The Balaban J connectivity index is 1.60. The maximum Gasteiger partial charge on any atom is 0.277 e. The molecule has 0 unspecified atom stereocenters. The molecule has 10 heteroatoms. The first-order valence-corrected chi connectivity index (χ1v) is 9.80. The lowest BCUT2D eigenvalue weighted by atomic mass is 10.3. The fourth-order valence-electron chi connectivity index (χ4n) is 2.39. The maximum absolute atomic E-state index is 12.5. The van der Waals surface area contributed by atoms with Crippen LogP contribution in [-0.4, -0.2) is 36.1 Å². The Morgan fingerprint density at radius 2 is 2.15 bits per heavy atom. The van der Waals surface area contributed by atoms with E-state index in [-0.39, 0.29) is 11.2 Å². The standard InChI is InChI=1S/C16H20N6O2S2/c1-8-14(9(2)22(5)21-8)18-15(23)10(3)26-16-20-19-13(24-16)6-12-7-25-11(4)17-12/h7,10H,6H2,1-5H3,(H,18,23)/t10-/m0/s1. The number of anilines is 1. The monoisotopic (exact) mass is 392 g/mol. The first-order valence-electron chi connectivity index (χ1n) is 8.04. The molecule has 0 aliphatic rings. The van der Waals surface area contributed by atoms with Gasteiger partial charge in [0, 0.05) is 12.4 Å². The second kappa shape index (κ2) is 7.58. The summed E-state index contributed by atoms with van der Waals surface area (Å²) in [6.07, 6.45) is 0.493. The van der Waals surface area contributed by atoms with Crippen LogP contribution in [0.4, 0.5) is 5.69 Å². The van der Waals surface area contributed by atoms with Gasteiger partial charge in [0.1, 0.15) is 0 Å².